The molecule has 6 fully saturated rings. The highest BCUT2D eigenvalue weighted by molar-refractivity contribution is 5.75. The first-order valence-corrected chi connectivity index (χ1v) is 38.1. The molecule has 21 heteroatoms. The summed E-state index contributed by atoms with van der Waals surface area (Å²) in [6.45, 7) is 37.6. The molecule has 17 atom stereocenters. The first kappa shape index (κ1) is 98.0. The van der Waals surface area contributed by atoms with Crippen molar-refractivity contribution >= 4 is 59.7 Å². The lowest BCUT2D eigenvalue weighted by Gasteiger charge is -2.38. The minimum Gasteiger partial charge on any atom is -0.493 e. The molecule has 6 bridgehead atoms. The van der Waals surface area contributed by atoms with Gasteiger partial charge < -0.3 is 54.7 Å². The third kappa shape index (κ3) is 41.9. The van der Waals surface area contributed by atoms with E-state index in [4.69, 9.17) is 54.7 Å². The number of carboxylic acid groups (broad SMARTS) is 7. The Balaban J connectivity index is 0. The molecular weight excluding hydrogens is 1320 g/mol. The van der Waals surface area contributed by atoms with Gasteiger partial charge in [0.15, 0.2) is 0 Å². The van der Waals surface area contributed by atoms with E-state index in [9.17, 15) is 47.9 Å². The average Bonchev–Trinajstić information content (AvgIpc) is 1.56. The first-order valence-electron chi connectivity index (χ1n) is 38.1. The van der Waals surface area contributed by atoms with E-state index in [2.05, 4.69) is 20.8 Å². The predicted octanol–water partition coefficient (Wildman–Crippen LogP) is 18.2. The second-order valence-electron chi connectivity index (χ2n) is 30.3. The van der Waals surface area contributed by atoms with Gasteiger partial charge in [-0.1, -0.05) is 181 Å². The number of esters is 3. The van der Waals surface area contributed by atoms with Crippen LogP contribution in [-0.2, 0) is 57.4 Å². The molecule has 103 heavy (non-hydrogen) atoms. The summed E-state index contributed by atoms with van der Waals surface area (Å²) in [6, 6.07) is 18.4. The number of aliphatic carboxylic acids is 7. The van der Waals surface area contributed by atoms with Crippen LogP contribution in [0.3, 0.4) is 0 Å². The lowest BCUT2D eigenvalue weighted by molar-refractivity contribution is -0.158. The minimum absolute atomic E-state index is 0.0162. The second-order valence-corrected chi connectivity index (χ2v) is 30.3. The summed E-state index contributed by atoms with van der Waals surface area (Å²) in [6.07, 6.45) is 19.1. The number of carbonyl (C=O) groups excluding carboxylic acids is 3. The second kappa shape index (κ2) is 53.7. The molecule has 0 aromatic heterocycles. The van der Waals surface area contributed by atoms with E-state index in [-0.39, 0.29) is 89.8 Å². The quantitative estimate of drug-likeness (QED) is 0.0261. The van der Waals surface area contributed by atoms with Gasteiger partial charge in [-0.15, -0.1) is 0 Å². The molecule has 0 amide bonds. The zero-order valence-corrected chi connectivity index (χ0v) is 66.2. The van der Waals surface area contributed by atoms with E-state index >= 15 is 0 Å². The number of para-hydroxylation sites is 2. The molecular formula is C82H136O21. The summed E-state index contributed by atoms with van der Waals surface area (Å²) in [7, 11) is 0. The van der Waals surface area contributed by atoms with Crippen molar-refractivity contribution in [3.05, 3.63) is 60.7 Å². The zero-order valence-electron chi connectivity index (χ0n) is 66.2. The van der Waals surface area contributed by atoms with Gasteiger partial charge in [0.25, 0.3) is 0 Å². The van der Waals surface area contributed by atoms with Gasteiger partial charge in [0.1, 0.15) is 30.3 Å². The lowest BCUT2D eigenvalue weighted by atomic mass is 9.70. The van der Waals surface area contributed by atoms with Crippen molar-refractivity contribution in [3.63, 3.8) is 0 Å². The number of benzene rings is 2. The molecule has 2 aromatic carbocycles. The predicted molar refractivity (Wildman–Crippen MR) is 400 cm³/mol. The molecule has 0 heterocycles. The Morgan fingerprint density at radius 1 is 0.427 bits per heavy atom. The Kier molecular flexibility index (Phi) is 51.1. The maximum Gasteiger partial charge on any atom is 0.317 e. The Morgan fingerprint density at radius 2 is 0.913 bits per heavy atom. The number of hydrogen-bond acceptors (Lipinski definition) is 14. The smallest absolute Gasteiger partial charge is 0.317 e. The number of ether oxygens (including phenoxy) is 4. The van der Waals surface area contributed by atoms with Crippen LogP contribution in [0.15, 0.2) is 60.7 Å². The molecule has 17 unspecified atom stereocenters. The molecule has 21 nitrogen and oxygen atoms in total. The van der Waals surface area contributed by atoms with Crippen LogP contribution in [0.2, 0.25) is 0 Å². The molecule has 590 valence electrons. The van der Waals surface area contributed by atoms with Gasteiger partial charge in [-0.2, -0.15) is 0 Å². The topological polar surface area (TPSA) is 349 Å². The van der Waals surface area contributed by atoms with Gasteiger partial charge in [-0.3, -0.25) is 47.9 Å². The van der Waals surface area contributed by atoms with E-state index in [1.54, 1.807) is 67.5 Å². The van der Waals surface area contributed by atoms with E-state index in [0.717, 1.165) is 98.5 Å². The monoisotopic (exact) mass is 1460 g/mol. The van der Waals surface area contributed by atoms with Crippen molar-refractivity contribution in [2.45, 2.75) is 266 Å². The highest BCUT2D eigenvalue weighted by Crippen LogP contribution is 2.68. The fraction of sp³-hybridized carbons (Fsp3) is 0.732. The molecule has 0 saturated heterocycles. The van der Waals surface area contributed by atoms with Crippen LogP contribution in [0.1, 0.15) is 254 Å². The highest BCUT2D eigenvalue weighted by atomic mass is 16.6. The summed E-state index contributed by atoms with van der Waals surface area (Å²) < 4.78 is 22.1. The van der Waals surface area contributed by atoms with Crippen molar-refractivity contribution in [1.82, 2.24) is 0 Å². The highest BCUT2D eigenvalue weighted by Gasteiger charge is 2.63. The molecule has 6 aliphatic carbocycles. The van der Waals surface area contributed by atoms with Crippen molar-refractivity contribution in [2.75, 3.05) is 6.61 Å². The molecule has 2 aromatic rings. The van der Waals surface area contributed by atoms with E-state index < -0.39 is 41.8 Å². The van der Waals surface area contributed by atoms with Crippen LogP contribution in [0.4, 0.5) is 0 Å². The van der Waals surface area contributed by atoms with Crippen LogP contribution < -0.4 is 9.47 Å². The van der Waals surface area contributed by atoms with Gasteiger partial charge in [0.2, 0.25) is 0 Å². The van der Waals surface area contributed by atoms with Gasteiger partial charge in [-0.05, 0) is 186 Å². The molecule has 7 N–H and O–H groups in total. The van der Waals surface area contributed by atoms with E-state index in [1.807, 2.05) is 111 Å². The van der Waals surface area contributed by atoms with Gasteiger partial charge in [0, 0.05) is 12.8 Å². The van der Waals surface area contributed by atoms with Gasteiger partial charge in [0.05, 0.1) is 47.3 Å². The van der Waals surface area contributed by atoms with E-state index in [1.165, 1.54) is 51.4 Å². The van der Waals surface area contributed by atoms with Crippen LogP contribution >= 0.6 is 0 Å². The number of fused-ring (bicyclic) bond motifs is 11. The zero-order chi connectivity index (χ0) is 79.4. The van der Waals surface area contributed by atoms with Gasteiger partial charge in [-0.25, -0.2) is 0 Å². The largest absolute Gasteiger partial charge is 0.493 e. The standard InChI is InChI=1S/C17H26O2.C16H16O3.C11H18O2.2C7H14O2.2C6H12O2.C5H10O2.C4H8O2.C3H6O2/c1-3-9(2)17(18)19-14-8-12-7-13(14)16-11-5-4-10(6-11)15(12)16;1-13(12-18-14-8-4-2-5-9-14)16(17)19-15-10-6-3-7-11-15;1-7(2)11(12)13-10-6-8-3-4-9(10)5-8;1-5(2)4-6(3)7(8)9;1-3-6(2)4-5-7(8)9;1-4(2)5(3)6(7)8;1-3-4-5(2)6(7)8;1-3-4(2)5(6)7;1-3(2)4(5)6;1-2-3(4)5/h9-16H,3-8H2,1-2H3;2-11,13H,12H2,1H3;7-10H,3-6H2,1-2H3;5-6H,4H2,1-3H3,(H,8,9);6H,3-5H2,1-2H3,(H,8,9);4-5H,1-3H3,(H,7,8);5H,3-4H2,1-2H3,(H,7,8);4H,3H2,1-2H3,(H,6,7);3H,1-2H3,(H,5,6);2H2,1H3,(H,4,5). The van der Waals surface area contributed by atoms with Crippen molar-refractivity contribution < 1.29 is 103 Å². The number of carbonyl (C=O) groups is 10. The summed E-state index contributed by atoms with van der Waals surface area (Å²) >= 11 is 0. The number of carboxylic acids is 7. The summed E-state index contributed by atoms with van der Waals surface area (Å²) in [5.74, 6) is 3.29. The fourth-order valence-electron chi connectivity index (χ4n) is 12.6. The van der Waals surface area contributed by atoms with Crippen LogP contribution in [0.25, 0.3) is 0 Å². The Labute approximate surface area is 617 Å². The molecule has 0 spiro atoms. The molecule has 6 aliphatic rings. The summed E-state index contributed by atoms with van der Waals surface area (Å²) in [4.78, 5) is 105. The third-order valence-electron chi connectivity index (χ3n) is 20.1. The molecule has 6 saturated carbocycles. The number of rotatable bonds is 26. The normalized spacial score (nSPS) is 22.6. The van der Waals surface area contributed by atoms with Crippen molar-refractivity contribution in [3.8, 4) is 11.5 Å². The Hall–Kier alpha value is -7.06. The molecule has 0 radical (unpaired) electrons. The van der Waals surface area contributed by atoms with Crippen LogP contribution in [0, 0.1) is 112 Å². The Morgan fingerprint density at radius 3 is 1.26 bits per heavy atom. The SMILES string of the molecule is CC(C)C(=O)O.CC(C)C(=O)OC1CC2CCC1C2.CC(C)C(C)C(=O)O.CC(C)CC(C)C(=O)O.CC(COc1ccccc1)C(=O)Oc1ccccc1.CCC(=O)O.CCC(C)C(=O)O.CCC(C)C(=O)OC1CC2CC1C1C3CCC(C3)C21.CCC(C)CCC(=O)O.CCCC(C)C(=O)O. The molecule has 8 rings (SSSR count). The Bertz CT molecular complexity index is 2730. The van der Waals surface area contributed by atoms with Crippen molar-refractivity contribution in [1.29, 1.82) is 0 Å². The number of hydrogen-bond donors (Lipinski definition) is 7. The minimum atomic E-state index is -0.745. The maximum atomic E-state index is 12.0. The van der Waals surface area contributed by atoms with Crippen molar-refractivity contribution in [2.24, 2.45) is 112 Å². The third-order valence-corrected chi connectivity index (χ3v) is 20.1. The molecule has 0 aliphatic heterocycles. The average molecular weight is 1460 g/mol. The first-order chi connectivity index (χ1) is 48.1. The van der Waals surface area contributed by atoms with Gasteiger partial charge >= 0.3 is 59.7 Å². The fourth-order valence-corrected chi connectivity index (χ4v) is 12.6. The summed E-state index contributed by atoms with van der Waals surface area (Å²) in [5, 5.41) is 57.2. The van der Waals surface area contributed by atoms with Crippen LogP contribution in [-0.4, -0.2) is 114 Å². The maximum absolute atomic E-state index is 12.0. The van der Waals surface area contributed by atoms with E-state index in [0.29, 0.717) is 36.5 Å². The van der Waals surface area contributed by atoms with Crippen LogP contribution in [0.5, 0.6) is 11.5 Å². The lowest BCUT2D eigenvalue weighted by Crippen LogP contribution is -2.38. The summed E-state index contributed by atoms with van der Waals surface area (Å²) in [5.41, 5.74) is 0.